The van der Waals surface area contributed by atoms with E-state index in [1.165, 1.54) is 29.3 Å². The Kier molecular flexibility index (Phi) is 7.70. The molecule has 0 radical (unpaired) electrons. The summed E-state index contributed by atoms with van der Waals surface area (Å²) in [5.41, 5.74) is 4.63. The van der Waals surface area contributed by atoms with Crippen molar-refractivity contribution in [2.45, 2.75) is 25.7 Å². The van der Waals surface area contributed by atoms with Gasteiger partial charge in [0, 0.05) is 0 Å². The quantitative estimate of drug-likeness (QED) is 0.230. The minimum absolute atomic E-state index is 0.266. The first kappa shape index (κ1) is 19.6. The van der Waals surface area contributed by atoms with Gasteiger partial charge in [-0.05, 0) is 54.0 Å². The highest BCUT2D eigenvalue weighted by Crippen LogP contribution is 2.39. The third-order valence-corrected chi connectivity index (χ3v) is 7.07. The van der Waals surface area contributed by atoms with Crippen molar-refractivity contribution in [3.8, 4) is 0 Å². The van der Waals surface area contributed by atoms with Crippen molar-refractivity contribution in [1.29, 1.82) is 0 Å². The summed E-state index contributed by atoms with van der Waals surface area (Å²) in [5.74, 6) is 0. The normalized spacial score (nSPS) is 11.9. The van der Waals surface area contributed by atoms with Crippen LogP contribution in [0.2, 0.25) is 0 Å². The lowest BCUT2D eigenvalue weighted by atomic mass is 9.70. The van der Waals surface area contributed by atoms with Crippen molar-refractivity contribution < 1.29 is 0 Å². The molecule has 0 aromatic heterocycles. The van der Waals surface area contributed by atoms with Crippen LogP contribution in [0.1, 0.15) is 23.1 Å². The molecule has 0 bridgehead atoms. The summed E-state index contributed by atoms with van der Waals surface area (Å²) in [7, 11) is 0. The first-order valence-electron chi connectivity index (χ1n) is 9.25. The van der Waals surface area contributed by atoms with Gasteiger partial charge in [-0.2, -0.15) is 0 Å². The van der Waals surface area contributed by atoms with E-state index in [0.717, 1.165) is 25.5 Å². The minimum atomic E-state index is 0.266. The van der Waals surface area contributed by atoms with E-state index < -0.39 is 0 Å². The molecule has 0 aliphatic carbocycles. The fourth-order valence-electron chi connectivity index (χ4n) is 3.85. The molecule has 0 saturated carbocycles. The second-order valence-electron chi connectivity index (χ2n) is 7.12. The first-order chi connectivity index (χ1) is 12.8. The molecule has 26 heavy (non-hydrogen) atoms. The van der Waals surface area contributed by atoms with E-state index in [4.69, 9.17) is 0 Å². The highest BCUT2D eigenvalue weighted by Gasteiger charge is 2.30. The van der Waals surface area contributed by atoms with Crippen molar-refractivity contribution in [2.24, 2.45) is 5.41 Å². The minimum Gasteiger partial charge on any atom is -0.0622 e. The molecule has 0 spiro atoms. The molecule has 0 N–H and O–H groups in total. The highest BCUT2D eigenvalue weighted by atomic mass is 127. The van der Waals surface area contributed by atoms with Crippen molar-refractivity contribution in [3.05, 3.63) is 108 Å². The number of hydrogen-bond donors (Lipinski definition) is 0. The lowest BCUT2D eigenvalue weighted by Crippen LogP contribution is -2.30. The molecule has 1 unspecified atom stereocenters. The van der Waals surface area contributed by atoms with Crippen molar-refractivity contribution in [2.75, 3.05) is 6.16 Å². The summed E-state index contributed by atoms with van der Waals surface area (Å²) in [5, 5.41) is 0. The third kappa shape index (κ3) is 5.93. The number of hydrogen-bond acceptors (Lipinski definition) is 0. The van der Waals surface area contributed by atoms with Crippen LogP contribution in [0, 0.1) is 5.41 Å². The Labute approximate surface area is 172 Å². The van der Waals surface area contributed by atoms with Crippen LogP contribution >= 0.6 is 28.3 Å². The van der Waals surface area contributed by atoms with Gasteiger partial charge in [-0.3, -0.25) is 0 Å². The number of rotatable bonds is 9. The molecular weight excluding hydrogens is 446 g/mol. The van der Waals surface area contributed by atoms with Crippen LogP contribution in [0.15, 0.2) is 91.0 Å². The topological polar surface area (TPSA) is 0 Å². The number of benzene rings is 3. The maximum atomic E-state index is 2.55. The zero-order valence-electron chi connectivity index (χ0n) is 15.1. The second kappa shape index (κ2) is 10.2. The molecule has 0 aliphatic heterocycles. The first-order valence-corrected chi connectivity index (χ1v) is 13.6. The monoisotopic (exact) mass is 472 g/mol. The molecule has 0 heterocycles. The maximum absolute atomic E-state index is 2.55. The predicted octanol–water partition coefficient (Wildman–Crippen LogP) is 7.12. The molecule has 3 rings (SSSR count). The zero-order valence-corrected chi connectivity index (χ0v) is 18.2. The van der Waals surface area contributed by atoms with Gasteiger partial charge >= 0.3 is 0 Å². The molecule has 1 atom stereocenters. The molecule has 2 heteroatoms. The third-order valence-electron chi connectivity index (χ3n) is 5.02. The fraction of sp³-hybridized carbons (Fsp3) is 0.250. The Hall–Kier alpha value is -1.18. The zero-order chi connectivity index (χ0) is 18.1. The molecule has 3 aromatic rings. The van der Waals surface area contributed by atoms with E-state index >= 15 is 0 Å². The van der Waals surface area contributed by atoms with Crippen LogP contribution in [-0.4, -0.2) is 6.16 Å². The summed E-state index contributed by atoms with van der Waals surface area (Å²) >= 11 is 2.55. The smallest absolute Gasteiger partial charge is 0.0173 e. The van der Waals surface area contributed by atoms with Gasteiger partial charge in [-0.25, -0.2) is 0 Å². The molecule has 0 saturated heterocycles. The summed E-state index contributed by atoms with van der Waals surface area (Å²) in [4.78, 5) is 0. The Morgan fingerprint density at radius 3 is 1.23 bits per heavy atom. The van der Waals surface area contributed by atoms with Crippen LogP contribution in [0.3, 0.4) is 0 Å². The maximum Gasteiger partial charge on any atom is -0.0173 e. The van der Waals surface area contributed by atoms with Gasteiger partial charge in [0.25, 0.3) is 0 Å². The molecule has 3 aromatic carbocycles. The molecular formula is C24H26IP. The standard InChI is InChI=1S/C24H26IP/c25-26-17-16-24(18-21-10-4-1-5-11-21,19-22-12-6-2-7-13-22)20-23-14-8-3-9-15-23/h1-15,26H,16-20H2. The Morgan fingerprint density at radius 1 is 0.577 bits per heavy atom. The Bertz CT molecular complexity index is 655. The van der Waals surface area contributed by atoms with Gasteiger partial charge in [-0.1, -0.05) is 119 Å². The molecule has 0 amide bonds. The Morgan fingerprint density at radius 2 is 0.923 bits per heavy atom. The van der Waals surface area contributed by atoms with Gasteiger partial charge < -0.3 is 0 Å². The molecule has 0 nitrogen and oxygen atoms in total. The summed E-state index contributed by atoms with van der Waals surface area (Å²) in [6.07, 6.45) is 6.97. The summed E-state index contributed by atoms with van der Waals surface area (Å²) < 4.78 is 0. The second-order valence-corrected chi connectivity index (χ2v) is 10.2. The van der Waals surface area contributed by atoms with Gasteiger partial charge in [0.1, 0.15) is 0 Å². The number of halogens is 1. The van der Waals surface area contributed by atoms with Gasteiger partial charge in [0.15, 0.2) is 0 Å². The van der Waals surface area contributed by atoms with Crippen LogP contribution in [0.4, 0.5) is 0 Å². The lowest BCUT2D eigenvalue weighted by molar-refractivity contribution is 0.268. The highest BCUT2D eigenvalue weighted by molar-refractivity contribution is 14.2. The van der Waals surface area contributed by atoms with E-state index in [1.54, 1.807) is 0 Å². The van der Waals surface area contributed by atoms with Crippen LogP contribution in [0.25, 0.3) is 0 Å². The molecule has 0 aliphatic rings. The largest absolute Gasteiger partial charge is 0.0622 e. The van der Waals surface area contributed by atoms with Gasteiger partial charge in [0.05, 0.1) is 0 Å². The average Bonchev–Trinajstić information content (AvgIpc) is 2.69. The van der Waals surface area contributed by atoms with E-state index in [2.05, 4.69) is 113 Å². The van der Waals surface area contributed by atoms with Crippen molar-refractivity contribution in [1.82, 2.24) is 0 Å². The summed E-state index contributed by atoms with van der Waals surface area (Å²) in [6, 6.07) is 33.1. The van der Waals surface area contributed by atoms with E-state index in [9.17, 15) is 0 Å². The van der Waals surface area contributed by atoms with Crippen LogP contribution < -0.4 is 0 Å². The van der Waals surface area contributed by atoms with Crippen molar-refractivity contribution >= 4 is 28.3 Å². The predicted molar refractivity (Wildman–Crippen MR) is 125 cm³/mol. The lowest BCUT2D eigenvalue weighted by Gasteiger charge is -2.35. The average molecular weight is 472 g/mol. The van der Waals surface area contributed by atoms with Crippen LogP contribution in [-0.2, 0) is 19.3 Å². The fourth-order valence-corrected chi connectivity index (χ4v) is 5.29. The van der Waals surface area contributed by atoms with Gasteiger partial charge in [-0.15, -0.1) is 0 Å². The SMILES string of the molecule is IPCCC(Cc1ccccc1)(Cc1ccccc1)Cc1ccccc1. The van der Waals surface area contributed by atoms with Crippen LogP contribution in [0.5, 0.6) is 0 Å². The van der Waals surface area contributed by atoms with Gasteiger partial charge in [0.2, 0.25) is 0 Å². The summed E-state index contributed by atoms with van der Waals surface area (Å²) in [6.45, 7) is 0. The van der Waals surface area contributed by atoms with E-state index in [0.29, 0.717) is 0 Å². The van der Waals surface area contributed by atoms with E-state index in [-0.39, 0.29) is 5.41 Å². The molecule has 0 fully saturated rings. The molecule has 134 valence electrons. The van der Waals surface area contributed by atoms with E-state index in [1.807, 2.05) is 0 Å². The van der Waals surface area contributed by atoms with Crippen molar-refractivity contribution in [3.63, 3.8) is 0 Å². The Balaban J connectivity index is 1.94.